The van der Waals surface area contributed by atoms with Crippen molar-refractivity contribution in [1.29, 1.82) is 0 Å². The van der Waals surface area contributed by atoms with E-state index in [1.807, 2.05) is 7.11 Å². The molecule has 1 aliphatic heterocycles. The third kappa shape index (κ3) is 3.07. The van der Waals surface area contributed by atoms with E-state index in [-0.39, 0.29) is 0 Å². The second-order valence-electron chi connectivity index (χ2n) is 7.65. The van der Waals surface area contributed by atoms with Crippen LogP contribution in [0.1, 0.15) is 52.9 Å². The zero-order valence-electron chi connectivity index (χ0n) is 13.4. The molecule has 2 nitrogen and oxygen atoms in total. The Morgan fingerprint density at radius 1 is 1.16 bits per heavy atom. The maximum atomic E-state index is 6.76. The lowest BCUT2D eigenvalue weighted by Gasteiger charge is -2.42. The van der Waals surface area contributed by atoms with E-state index in [1.165, 1.54) is 32.1 Å². The lowest BCUT2D eigenvalue weighted by Crippen LogP contribution is -2.48. The van der Waals surface area contributed by atoms with E-state index in [1.54, 1.807) is 0 Å². The van der Waals surface area contributed by atoms with E-state index in [9.17, 15) is 0 Å². The maximum Gasteiger partial charge on any atom is 0.192 e. The third-order valence-electron chi connectivity index (χ3n) is 5.33. The standard InChI is InChI=1S/C15H30O2SSi/c1-14(2,3)19(5,6)17-12-8-7-10-15(12)11-9-13(16-4)18-15/h12-13H,7-11H2,1-6H3/t12-,13+,15+/m0/s1. The third-order valence-corrected chi connectivity index (χ3v) is 11.6. The van der Waals surface area contributed by atoms with Crippen molar-refractivity contribution in [2.24, 2.45) is 0 Å². The number of hydrogen-bond acceptors (Lipinski definition) is 3. The Labute approximate surface area is 124 Å². The maximum absolute atomic E-state index is 6.76. The molecule has 0 aromatic carbocycles. The van der Waals surface area contributed by atoms with Gasteiger partial charge >= 0.3 is 0 Å². The van der Waals surface area contributed by atoms with Gasteiger partial charge in [0.15, 0.2) is 8.32 Å². The molecular weight excluding hydrogens is 272 g/mol. The molecule has 2 aliphatic rings. The summed E-state index contributed by atoms with van der Waals surface area (Å²) in [6.07, 6.45) is 6.81. The Morgan fingerprint density at radius 3 is 2.37 bits per heavy atom. The average Bonchev–Trinajstić information content (AvgIpc) is 2.86. The van der Waals surface area contributed by atoms with Crippen LogP contribution < -0.4 is 0 Å². The van der Waals surface area contributed by atoms with Crippen molar-refractivity contribution in [2.75, 3.05) is 7.11 Å². The molecule has 1 saturated heterocycles. The topological polar surface area (TPSA) is 18.5 Å². The highest BCUT2D eigenvalue weighted by atomic mass is 32.2. The van der Waals surface area contributed by atoms with E-state index in [0.717, 1.165) is 0 Å². The molecule has 1 aliphatic carbocycles. The summed E-state index contributed by atoms with van der Waals surface area (Å²) in [5.74, 6) is 0. The molecule has 4 heteroatoms. The van der Waals surface area contributed by atoms with Crippen LogP contribution in [0, 0.1) is 0 Å². The SMILES string of the molecule is CO[C@H]1CC[C@@]2(CCC[C@@H]2O[Si](C)(C)C(C)(C)C)S1. The summed E-state index contributed by atoms with van der Waals surface area (Å²) < 4.78 is 12.7. The first-order valence-electron chi connectivity index (χ1n) is 7.59. The molecule has 1 heterocycles. The van der Waals surface area contributed by atoms with Crippen molar-refractivity contribution < 1.29 is 9.16 Å². The van der Waals surface area contributed by atoms with Crippen molar-refractivity contribution in [2.45, 2.75) is 87.3 Å². The normalized spacial score (nSPS) is 36.3. The molecule has 3 atom stereocenters. The van der Waals surface area contributed by atoms with Crippen LogP contribution in [0.25, 0.3) is 0 Å². The highest BCUT2D eigenvalue weighted by Crippen LogP contribution is 2.55. The fourth-order valence-electron chi connectivity index (χ4n) is 3.04. The van der Waals surface area contributed by atoms with Gasteiger partial charge in [0.2, 0.25) is 0 Å². The highest BCUT2D eigenvalue weighted by molar-refractivity contribution is 8.01. The summed E-state index contributed by atoms with van der Waals surface area (Å²) in [5, 5.41) is 0.306. The fraction of sp³-hybridized carbons (Fsp3) is 1.00. The minimum Gasteiger partial charge on any atom is -0.413 e. The van der Waals surface area contributed by atoms with Gasteiger partial charge in [0.05, 0.1) is 6.10 Å². The van der Waals surface area contributed by atoms with E-state index >= 15 is 0 Å². The molecule has 0 bridgehead atoms. The molecule has 0 radical (unpaired) electrons. The number of methoxy groups -OCH3 is 1. The first-order valence-corrected chi connectivity index (χ1v) is 11.4. The van der Waals surface area contributed by atoms with Gasteiger partial charge in [-0.1, -0.05) is 20.8 Å². The minimum atomic E-state index is -1.65. The smallest absolute Gasteiger partial charge is 0.192 e. The second kappa shape index (κ2) is 5.36. The monoisotopic (exact) mass is 302 g/mol. The highest BCUT2D eigenvalue weighted by Gasteiger charge is 2.52. The second-order valence-corrected chi connectivity index (χ2v) is 14.0. The van der Waals surface area contributed by atoms with Crippen LogP contribution in [-0.4, -0.2) is 31.7 Å². The Morgan fingerprint density at radius 2 is 1.84 bits per heavy atom. The number of ether oxygens (including phenoxy) is 1. The lowest BCUT2D eigenvalue weighted by atomic mass is 9.99. The van der Waals surface area contributed by atoms with Crippen LogP contribution in [-0.2, 0) is 9.16 Å². The van der Waals surface area contributed by atoms with Crippen molar-refractivity contribution in [3.05, 3.63) is 0 Å². The summed E-state index contributed by atoms with van der Waals surface area (Å²) >= 11 is 2.06. The van der Waals surface area contributed by atoms with Crippen LogP contribution in [0.2, 0.25) is 18.1 Å². The van der Waals surface area contributed by atoms with E-state index in [4.69, 9.17) is 9.16 Å². The van der Waals surface area contributed by atoms with Gasteiger partial charge in [0.25, 0.3) is 0 Å². The Balaban J connectivity index is 2.08. The lowest BCUT2D eigenvalue weighted by molar-refractivity contribution is 0.150. The summed E-state index contributed by atoms with van der Waals surface area (Å²) in [6.45, 7) is 11.8. The van der Waals surface area contributed by atoms with Gasteiger partial charge in [0, 0.05) is 11.9 Å². The van der Waals surface area contributed by atoms with Crippen LogP contribution >= 0.6 is 11.8 Å². The van der Waals surface area contributed by atoms with Crippen LogP contribution in [0.3, 0.4) is 0 Å². The molecule has 0 amide bonds. The quantitative estimate of drug-likeness (QED) is 0.698. The summed E-state index contributed by atoms with van der Waals surface area (Å²) in [5.41, 5.74) is 0.392. The Hall–Kier alpha value is 0.487. The van der Waals surface area contributed by atoms with E-state index in [2.05, 4.69) is 45.6 Å². The van der Waals surface area contributed by atoms with E-state index in [0.29, 0.717) is 21.3 Å². The summed E-state index contributed by atoms with van der Waals surface area (Å²) in [4.78, 5) is 0. The number of thioether (sulfide) groups is 1. The van der Waals surface area contributed by atoms with Crippen molar-refractivity contribution in [3.8, 4) is 0 Å². The predicted molar refractivity (Wildman–Crippen MR) is 86.3 cm³/mol. The van der Waals surface area contributed by atoms with Gasteiger partial charge in [-0.25, -0.2) is 0 Å². The van der Waals surface area contributed by atoms with Crippen LogP contribution in [0.5, 0.6) is 0 Å². The van der Waals surface area contributed by atoms with Crippen molar-refractivity contribution in [1.82, 2.24) is 0 Å². The molecule has 0 N–H and O–H groups in total. The zero-order valence-corrected chi connectivity index (χ0v) is 15.2. The molecule has 1 spiro atoms. The Bertz CT molecular complexity index is 327. The molecular formula is C15H30O2SSi. The average molecular weight is 303 g/mol. The first kappa shape index (κ1) is 15.9. The summed E-state index contributed by atoms with van der Waals surface area (Å²) in [7, 11) is 0.193. The Kier molecular flexibility index (Phi) is 4.47. The molecule has 0 unspecified atom stereocenters. The zero-order chi connectivity index (χ0) is 14.3. The predicted octanol–water partition coefficient (Wildman–Crippen LogP) is 4.80. The largest absolute Gasteiger partial charge is 0.413 e. The molecule has 2 fully saturated rings. The van der Waals surface area contributed by atoms with Crippen molar-refractivity contribution >= 4 is 20.1 Å². The molecule has 2 rings (SSSR count). The van der Waals surface area contributed by atoms with Crippen molar-refractivity contribution in [3.63, 3.8) is 0 Å². The van der Waals surface area contributed by atoms with Crippen LogP contribution in [0.15, 0.2) is 0 Å². The van der Waals surface area contributed by atoms with Crippen LogP contribution in [0.4, 0.5) is 0 Å². The molecule has 0 aromatic heterocycles. The van der Waals surface area contributed by atoms with Gasteiger partial charge in [-0.3, -0.25) is 0 Å². The number of rotatable bonds is 3. The fourth-order valence-corrected chi connectivity index (χ4v) is 6.20. The number of hydrogen-bond donors (Lipinski definition) is 0. The summed E-state index contributed by atoms with van der Waals surface area (Å²) in [6, 6.07) is 0. The van der Waals surface area contributed by atoms with Gasteiger partial charge < -0.3 is 9.16 Å². The molecule has 19 heavy (non-hydrogen) atoms. The van der Waals surface area contributed by atoms with Gasteiger partial charge in [0.1, 0.15) is 5.44 Å². The molecule has 1 saturated carbocycles. The van der Waals surface area contributed by atoms with Gasteiger partial charge in [-0.2, -0.15) is 0 Å². The molecule has 112 valence electrons. The van der Waals surface area contributed by atoms with E-state index < -0.39 is 8.32 Å². The molecule has 0 aromatic rings. The minimum absolute atomic E-state index is 0.306. The first-order chi connectivity index (χ1) is 8.70. The van der Waals surface area contributed by atoms with Gasteiger partial charge in [-0.05, 0) is 50.2 Å². The van der Waals surface area contributed by atoms with Gasteiger partial charge in [-0.15, -0.1) is 11.8 Å².